The van der Waals surface area contributed by atoms with Gasteiger partial charge in [-0.1, -0.05) is 65.5 Å². The molecule has 1 N–H and O–H groups in total. The van der Waals surface area contributed by atoms with Gasteiger partial charge >= 0.3 is 0 Å². The first-order valence-electron chi connectivity index (χ1n) is 12.9. The third-order valence-electron chi connectivity index (χ3n) is 10.4. The van der Waals surface area contributed by atoms with Gasteiger partial charge in [0.1, 0.15) is 23.0 Å². The molecule has 3 saturated carbocycles. The average molecular weight is 529 g/mol. The molecular weight excluding hydrogens is 483 g/mol. The molecule has 0 spiro atoms. The van der Waals surface area contributed by atoms with Gasteiger partial charge in [0.05, 0.1) is 12.2 Å². The lowest BCUT2D eigenvalue weighted by atomic mass is 9.46. The van der Waals surface area contributed by atoms with Gasteiger partial charge in [-0.25, -0.2) is 0 Å². The summed E-state index contributed by atoms with van der Waals surface area (Å²) in [4.78, 5) is 0. The molecule has 0 aromatic rings. The predicted octanol–water partition coefficient (Wildman–Crippen LogP) is 7.73. The first kappa shape index (κ1) is 23.5. The number of hydrogen-bond donors (Lipinski definition) is 1. The Balaban J connectivity index is 1.56. The molecule has 2 nitrogen and oxygen atoms in total. The van der Waals surface area contributed by atoms with E-state index in [0.29, 0.717) is 11.3 Å². The summed E-state index contributed by atoms with van der Waals surface area (Å²) in [6.07, 6.45) is 15.3. The average Bonchev–Trinajstić information content (AvgIpc) is 3.05. The van der Waals surface area contributed by atoms with E-state index >= 15 is 0 Å². The van der Waals surface area contributed by atoms with Crippen molar-refractivity contribution in [1.29, 1.82) is 0 Å². The van der Waals surface area contributed by atoms with Crippen LogP contribution in [0.1, 0.15) is 98.8 Å². The van der Waals surface area contributed by atoms with Gasteiger partial charge in [0.15, 0.2) is 0 Å². The Bertz CT molecular complexity index is 645. The van der Waals surface area contributed by atoms with Crippen LogP contribution in [0.4, 0.5) is 0 Å². The van der Waals surface area contributed by atoms with E-state index in [9.17, 15) is 5.11 Å². The first-order chi connectivity index (χ1) is 14.2. The van der Waals surface area contributed by atoms with E-state index in [4.69, 9.17) is 3.07 Å². The smallest absolute Gasteiger partial charge is 0.110 e. The van der Waals surface area contributed by atoms with Gasteiger partial charge in [-0.15, -0.1) is 0 Å². The van der Waals surface area contributed by atoms with Crippen LogP contribution in [0.2, 0.25) is 0 Å². The molecule has 0 aliphatic heterocycles. The molecule has 0 amide bonds. The van der Waals surface area contributed by atoms with Crippen LogP contribution in [0.3, 0.4) is 0 Å². The second kappa shape index (κ2) is 8.97. The summed E-state index contributed by atoms with van der Waals surface area (Å²) in [5.41, 5.74) is 2.28. The summed E-state index contributed by atoms with van der Waals surface area (Å²) in [7, 11) is 0. The topological polar surface area (TPSA) is 29.5 Å². The molecule has 4 rings (SSSR count). The summed E-state index contributed by atoms with van der Waals surface area (Å²) < 4.78 is 6.14. The molecule has 3 unspecified atom stereocenters. The second-order valence-corrected chi connectivity index (χ2v) is 12.9. The fraction of sp³-hybridized carbons (Fsp3) is 0.926. The molecule has 4 aliphatic carbocycles. The standard InChI is InChI=1S/C27H45IO2/c1-17(2)7-6-8-18(3)21-9-10-22-25-23(12-14-27(21,22)5)26(4)13-11-20(29)15-19(26)16-24(25)30-28/h16-18,20-25,29H,6-15H2,1-5H3/t18-,20+,21?,22?,23?,24-,25+,26+,27-/m1/s1. The van der Waals surface area contributed by atoms with Gasteiger partial charge in [-0.2, -0.15) is 0 Å². The maximum Gasteiger partial charge on any atom is 0.110 e. The van der Waals surface area contributed by atoms with Crippen molar-refractivity contribution in [3.63, 3.8) is 0 Å². The van der Waals surface area contributed by atoms with Gasteiger partial charge in [-0.05, 0) is 91.3 Å². The largest absolute Gasteiger partial charge is 0.393 e. The van der Waals surface area contributed by atoms with Crippen LogP contribution in [0, 0.1) is 46.3 Å². The van der Waals surface area contributed by atoms with Gasteiger partial charge in [0, 0.05) is 0 Å². The lowest BCUT2D eigenvalue weighted by molar-refractivity contribution is -0.0848. The van der Waals surface area contributed by atoms with Gasteiger partial charge in [0.25, 0.3) is 0 Å². The van der Waals surface area contributed by atoms with Crippen LogP contribution in [0.15, 0.2) is 11.6 Å². The lowest BCUT2D eigenvalue weighted by Crippen LogP contribution is -2.55. The summed E-state index contributed by atoms with van der Waals surface area (Å²) in [6, 6.07) is 0. The SMILES string of the molecule is CC(C)CCC[C@@H](C)C1CCC2[C@H]3C(CC[C@@]21C)[C@@]1(C)CC[C@H](O)CC1=C[C@H]3OI. The van der Waals surface area contributed by atoms with Crippen molar-refractivity contribution >= 4 is 23.0 Å². The van der Waals surface area contributed by atoms with Crippen molar-refractivity contribution < 1.29 is 8.17 Å². The summed E-state index contributed by atoms with van der Waals surface area (Å²) in [6.45, 7) is 12.5. The second-order valence-electron chi connectivity index (χ2n) is 12.4. The van der Waals surface area contributed by atoms with Crippen LogP contribution in [0.25, 0.3) is 0 Å². The Labute approximate surface area is 199 Å². The van der Waals surface area contributed by atoms with E-state index in [1.807, 2.05) is 0 Å². The van der Waals surface area contributed by atoms with E-state index in [0.717, 1.165) is 48.9 Å². The highest BCUT2D eigenvalue weighted by Crippen LogP contribution is 2.67. The first-order valence-corrected chi connectivity index (χ1v) is 13.8. The van der Waals surface area contributed by atoms with Crippen LogP contribution in [-0.2, 0) is 3.07 Å². The molecule has 0 aromatic heterocycles. The number of hydrogen-bond acceptors (Lipinski definition) is 2. The molecule has 3 fully saturated rings. The van der Waals surface area contributed by atoms with Gasteiger partial charge < -0.3 is 8.17 Å². The van der Waals surface area contributed by atoms with Gasteiger partial charge in [0.2, 0.25) is 0 Å². The molecule has 0 heterocycles. The molecule has 30 heavy (non-hydrogen) atoms. The third-order valence-corrected chi connectivity index (χ3v) is 11.0. The quantitative estimate of drug-likeness (QED) is 0.282. The molecule has 3 heteroatoms. The summed E-state index contributed by atoms with van der Waals surface area (Å²) in [5, 5.41) is 10.3. The van der Waals surface area contributed by atoms with Crippen molar-refractivity contribution in [2.24, 2.45) is 46.3 Å². The zero-order valence-electron chi connectivity index (χ0n) is 20.0. The lowest BCUT2D eigenvalue weighted by Gasteiger charge is -2.59. The maximum absolute atomic E-state index is 10.3. The van der Waals surface area contributed by atoms with Crippen molar-refractivity contribution in [3.8, 4) is 0 Å². The Hall–Kier alpha value is 0.390. The van der Waals surface area contributed by atoms with Crippen LogP contribution in [0.5, 0.6) is 0 Å². The molecular formula is C27H45IO2. The van der Waals surface area contributed by atoms with Crippen molar-refractivity contribution in [3.05, 3.63) is 11.6 Å². The highest BCUT2D eigenvalue weighted by molar-refractivity contribution is 14.1. The highest BCUT2D eigenvalue weighted by Gasteiger charge is 2.61. The number of aliphatic hydroxyl groups excluding tert-OH is 1. The van der Waals surface area contributed by atoms with E-state index < -0.39 is 0 Å². The number of fused-ring (bicyclic) bond motifs is 5. The zero-order chi connectivity index (χ0) is 21.7. The number of aliphatic hydroxyl groups is 1. The van der Waals surface area contributed by atoms with E-state index in [1.54, 1.807) is 0 Å². The van der Waals surface area contributed by atoms with E-state index in [1.165, 1.54) is 50.5 Å². The minimum Gasteiger partial charge on any atom is -0.393 e. The highest BCUT2D eigenvalue weighted by atomic mass is 127. The summed E-state index contributed by atoms with van der Waals surface area (Å²) in [5.74, 6) is 4.77. The Kier molecular flexibility index (Phi) is 7.04. The van der Waals surface area contributed by atoms with Gasteiger partial charge in [-0.3, -0.25) is 0 Å². The molecule has 0 radical (unpaired) electrons. The monoisotopic (exact) mass is 528 g/mol. The number of halogens is 1. The van der Waals surface area contributed by atoms with E-state index in [-0.39, 0.29) is 17.6 Å². The fourth-order valence-electron chi connectivity index (χ4n) is 8.71. The normalized spacial score (nSPS) is 46.7. The molecule has 172 valence electrons. The summed E-state index contributed by atoms with van der Waals surface area (Å²) >= 11 is 2.16. The van der Waals surface area contributed by atoms with Crippen molar-refractivity contribution in [1.82, 2.24) is 0 Å². The molecule has 4 aliphatic rings. The van der Waals surface area contributed by atoms with Crippen molar-refractivity contribution in [2.75, 3.05) is 0 Å². The fourth-order valence-corrected chi connectivity index (χ4v) is 9.20. The molecule has 9 atom stereocenters. The van der Waals surface area contributed by atoms with Crippen molar-refractivity contribution in [2.45, 2.75) is 111 Å². The van der Waals surface area contributed by atoms with Crippen LogP contribution < -0.4 is 0 Å². The predicted molar refractivity (Wildman–Crippen MR) is 133 cm³/mol. The minimum atomic E-state index is -0.146. The minimum absolute atomic E-state index is 0.146. The van der Waals surface area contributed by atoms with Crippen LogP contribution in [-0.4, -0.2) is 17.3 Å². The molecule has 0 aromatic carbocycles. The Morgan fingerprint density at radius 3 is 2.53 bits per heavy atom. The Morgan fingerprint density at radius 1 is 1.07 bits per heavy atom. The van der Waals surface area contributed by atoms with Crippen LogP contribution >= 0.6 is 23.0 Å². The number of rotatable bonds is 6. The molecule has 0 saturated heterocycles. The molecule has 0 bridgehead atoms. The third kappa shape index (κ3) is 3.95. The zero-order valence-corrected chi connectivity index (χ0v) is 22.2. The van der Waals surface area contributed by atoms with E-state index in [2.05, 4.69) is 63.7 Å². The maximum atomic E-state index is 10.3. The Morgan fingerprint density at radius 2 is 1.83 bits per heavy atom.